The van der Waals surface area contributed by atoms with Gasteiger partial charge in [0.05, 0.1) is 12.3 Å². The first kappa shape index (κ1) is 25.4. The first-order chi connectivity index (χ1) is 14.2. The third-order valence-corrected chi connectivity index (χ3v) is 6.43. The van der Waals surface area contributed by atoms with Gasteiger partial charge in [0.2, 0.25) is 0 Å². The summed E-state index contributed by atoms with van der Waals surface area (Å²) < 4.78 is 5.76. The van der Waals surface area contributed by atoms with Crippen molar-refractivity contribution in [1.82, 2.24) is 25.3 Å². The standard InChI is InChI=1S/C22H40N6O.HI/c1-4-26-12-14-27(15-13-26)19(2)17-24-22(23-3)25-18-20(21-9-8-16-29-21)28-10-6-5-7-11-28;/h8-9,16,19-20H,4-7,10-15,17-18H2,1-3H3,(H2,23,24,25);1H. The van der Waals surface area contributed by atoms with Gasteiger partial charge in [-0.3, -0.25) is 14.8 Å². The highest BCUT2D eigenvalue weighted by atomic mass is 127. The number of likely N-dealkylation sites (N-methyl/N-ethyl adjacent to an activating group) is 1. The van der Waals surface area contributed by atoms with E-state index in [1.165, 1.54) is 32.4 Å². The molecular weight excluding hydrogens is 491 g/mol. The summed E-state index contributed by atoms with van der Waals surface area (Å²) >= 11 is 0. The van der Waals surface area contributed by atoms with Gasteiger partial charge in [0.25, 0.3) is 0 Å². The van der Waals surface area contributed by atoms with Crippen LogP contribution in [-0.4, -0.2) is 92.7 Å². The van der Waals surface area contributed by atoms with Crippen LogP contribution in [0.15, 0.2) is 27.8 Å². The van der Waals surface area contributed by atoms with Crippen LogP contribution in [-0.2, 0) is 0 Å². The largest absolute Gasteiger partial charge is 0.468 e. The van der Waals surface area contributed by atoms with E-state index in [-0.39, 0.29) is 30.0 Å². The molecule has 1 aromatic rings. The second kappa shape index (κ2) is 13.5. The molecule has 2 N–H and O–H groups in total. The number of furan rings is 1. The minimum Gasteiger partial charge on any atom is -0.468 e. The van der Waals surface area contributed by atoms with Gasteiger partial charge >= 0.3 is 0 Å². The lowest BCUT2D eigenvalue weighted by atomic mass is 10.1. The number of aliphatic imine (C=N–C) groups is 1. The molecule has 30 heavy (non-hydrogen) atoms. The molecule has 0 spiro atoms. The highest BCUT2D eigenvalue weighted by molar-refractivity contribution is 14.0. The van der Waals surface area contributed by atoms with Gasteiger partial charge in [0, 0.05) is 52.4 Å². The molecule has 8 heteroatoms. The number of nitrogens with one attached hydrogen (secondary N) is 2. The first-order valence-electron chi connectivity index (χ1n) is 11.4. The van der Waals surface area contributed by atoms with E-state index in [0.29, 0.717) is 6.04 Å². The second-order valence-corrected chi connectivity index (χ2v) is 8.28. The fourth-order valence-corrected chi connectivity index (χ4v) is 4.43. The Bertz CT molecular complexity index is 597. The molecule has 2 aliphatic rings. The van der Waals surface area contributed by atoms with Crippen molar-refractivity contribution in [3.05, 3.63) is 24.2 Å². The topological polar surface area (TPSA) is 59.3 Å². The molecule has 0 bridgehead atoms. The normalized spacial score (nSPS) is 21.6. The summed E-state index contributed by atoms with van der Waals surface area (Å²) in [6.07, 6.45) is 5.65. The Labute approximate surface area is 199 Å². The predicted molar refractivity (Wildman–Crippen MR) is 135 cm³/mol. The summed E-state index contributed by atoms with van der Waals surface area (Å²) in [6, 6.07) is 4.83. The zero-order valence-electron chi connectivity index (χ0n) is 19.0. The number of hydrogen-bond donors (Lipinski definition) is 2. The number of hydrogen-bond acceptors (Lipinski definition) is 5. The van der Waals surface area contributed by atoms with Crippen LogP contribution < -0.4 is 10.6 Å². The maximum Gasteiger partial charge on any atom is 0.191 e. The van der Waals surface area contributed by atoms with Gasteiger partial charge in [-0.05, 0) is 51.5 Å². The number of halogens is 1. The van der Waals surface area contributed by atoms with Crippen LogP contribution in [0.5, 0.6) is 0 Å². The molecule has 172 valence electrons. The quantitative estimate of drug-likeness (QED) is 0.305. The Hall–Kier alpha value is -0.840. The van der Waals surface area contributed by atoms with Crippen LogP contribution in [0.1, 0.15) is 44.9 Å². The van der Waals surface area contributed by atoms with E-state index in [1.54, 1.807) is 6.26 Å². The van der Waals surface area contributed by atoms with Gasteiger partial charge in [-0.1, -0.05) is 13.3 Å². The van der Waals surface area contributed by atoms with E-state index in [2.05, 4.69) is 50.2 Å². The monoisotopic (exact) mass is 532 g/mol. The van der Waals surface area contributed by atoms with Crippen molar-refractivity contribution in [2.45, 2.75) is 45.2 Å². The summed E-state index contributed by atoms with van der Waals surface area (Å²) in [4.78, 5) is 12.1. The maximum atomic E-state index is 5.76. The number of rotatable bonds is 8. The average molecular weight is 533 g/mol. The van der Waals surface area contributed by atoms with E-state index >= 15 is 0 Å². The Balaban J connectivity index is 0.00000320. The molecule has 2 atom stereocenters. The molecule has 7 nitrogen and oxygen atoms in total. The van der Waals surface area contributed by atoms with Gasteiger partial charge in [-0.25, -0.2) is 0 Å². The second-order valence-electron chi connectivity index (χ2n) is 8.28. The van der Waals surface area contributed by atoms with Crippen LogP contribution in [0, 0.1) is 0 Å². The van der Waals surface area contributed by atoms with Crippen molar-refractivity contribution < 1.29 is 4.42 Å². The van der Waals surface area contributed by atoms with Crippen molar-refractivity contribution in [2.75, 3.05) is 66.0 Å². The van der Waals surface area contributed by atoms with E-state index in [1.807, 2.05) is 13.1 Å². The summed E-state index contributed by atoms with van der Waals surface area (Å²) in [5.74, 6) is 1.91. The zero-order chi connectivity index (χ0) is 20.5. The summed E-state index contributed by atoms with van der Waals surface area (Å²) in [6.45, 7) is 14.3. The predicted octanol–water partition coefficient (Wildman–Crippen LogP) is 2.62. The molecule has 3 rings (SSSR count). The number of piperazine rings is 1. The van der Waals surface area contributed by atoms with Gasteiger partial charge in [-0.2, -0.15) is 0 Å². The minimum absolute atomic E-state index is 0. The maximum absolute atomic E-state index is 5.76. The van der Waals surface area contributed by atoms with Crippen LogP contribution >= 0.6 is 24.0 Å². The van der Waals surface area contributed by atoms with E-state index < -0.39 is 0 Å². The first-order valence-corrected chi connectivity index (χ1v) is 11.4. The fraction of sp³-hybridized carbons (Fsp3) is 0.773. The molecule has 0 aliphatic carbocycles. The molecule has 2 saturated heterocycles. The molecule has 3 heterocycles. The van der Waals surface area contributed by atoms with Crippen LogP contribution in [0.3, 0.4) is 0 Å². The smallest absolute Gasteiger partial charge is 0.191 e. The molecule has 0 aromatic carbocycles. The van der Waals surface area contributed by atoms with Gasteiger partial charge in [-0.15, -0.1) is 24.0 Å². The SMILES string of the molecule is CCN1CCN(C(C)CNC(=NC)NCC(c2ccco2)N2CCCCC2)CC1.I. The Kier molecular flexibility index (Phi) is 11.5. The van der Waals surface area contributed by atoms with Crippen LogP contribution in [0.25, 0.3) is 0 Å². The molecule has 2 unspecified atom stereocenters. The molecule has 1 aromatic heterocycles. The van der Waals surface area contributed by atoms with E-state index in [4.69, 9.17) is 4.42 Å². The number of likely N-dealkylation sites (tertiary alicyclic amines) is 1. The lowest BCUT2D eigenvalue weighted by molar-refractivity contribution is 0.107. The lowest BCUT2D eigenvalue weighted by Crippen LogP contribution is -2.53. The lowest BCUT2D eigenvalue weighted by Gasteiger charge is -2.38. The van der Waals surface area contributed by atoms with Gasteiger partial charge in [0.15, 0.2) is 5.96 Å². The number of piperidine rings is 1. The number of nitrogens with zero attached hydrogens (tertiary/aromatic N) is 4. The molecular formula is C22H41IN6O. The van der Waals surface area contributed by atoms with Crippen molar-refractivity contribution in [3.63, 3.8) is 0 Å². The van der Waals surface area contributed by atoms with Crippen molar-refractivity contribution in [3.8, 4) is 0 Å². The summed E-state index contributed by atoms with van der Waals surface area (Å²) in [7, 11) is 1.85. The highest BCUT2D eigenvalue weighted by Crippen LogP contribution is 2.24. The average Bonchev–Trinajstić information content (AvgIpc) is 3.31. The van der Waals surface area contributed by atoms with Gasteiger partial charge in [0.1, 0.15) is 5.76 Å². The fourth-order valence-electron chi connectivity index (χ4n) is 4.43. The molecule has 2 aliphatic heterocycles. The van der Waals surface area contributed by atoms with Crippen LogP contribution in [0.2, 0.25) is 0 Å². The van der Waals surface area contributed by atoms with Crippen molar-refractivity contribution >= 4 is 29.9 Å². The number of guanidine groups is 1. The Morgan fingerprint density at radius 1 is 1.03 bits per heavy atom. The minimum atomic E-state index is 0. The van der Waals surface area contributed by atoms with Crippen molar-refractivity contribution in [2.24, 2.45) is 4.99 Å². The molecule has 0 saturated carbocycles. The highest BCUT2D eigenvalue weighted by Gasteiger charge is 2.25. The Morgan fingerprint density at radius 2 is 1.73 bits per heavy atom. The molecule has 0 amide bonds. The molecule has 2 fully saturated rings. The van der Waals surface area contributed by atoms with E-state index in [9.17, 15) is 0 Å². The summed E-state index contributed by atoms with van der Waals surface area (Å²) in [5.41, 5.74) is 0. The van der Waals surface area contributed by atoms with Gasteiger partial charge < -0.3 is 20.0 Å². The Morgan fingerprint density at radius 3 is 2.33 bits per heavy atom. The third kappa shape index (κ3) is 7.39. The molecule has 0 radical (unpaired) electrons. The van der Waals surface area contributed by atoms with E-state index in [0.717, 1.165) is 57.5 Å². The third-order valence-electron chi connectivity index (χ3n) is 6.43. The van der Waals surface area contributed by atoms with Crippen LogP contribution in [0.4, 0.5) is 0 Å². The zero-order valence-corrected chi connectivity index (χ0v) is 21.3. The summed E-state index contributed by atoms with van der Waals surface area (Å²) in [5, 5.41) is 7.07. The van der Waals surface area contributed by atoms with Crippen molar-refractivity contribution in [1.29, 1.82) is 0 Å².